The van der Waals surface area contributed by atoms with E-state index in [1.165, 1.54) is 6.33 Å². The second-order valence-electron chi connectivity index (χ2n) is 4.69. The average molecular weight is 296 g/mol. The molecule has 0 radical (unpaired) electrons. The molecule has 108 valence electrons. The third-order valence-corrected chi connectivity index (χ3v) is 3.41. The number of nitrogens with one attached hydrogen (secondary N) is 2. The normalized spacial score (nSPS) is 12.2. The van der Waals surface area contributed by atoms with E-state index in [2.05, 4.69) is 32.7 Å². The Morgan fingerprint density at radius 3 is 2.70 bits per heavy atom. The first-order valence-corrected chi connectivity index (χ1v) is 6.77. The predicted molar refractivity (Wildman–Crippen MR) is 79.4 cm³/mol. The number of halogens is 1. The summed E-state index contributed by atoms with van der Waals surface area (Å²) in [5, 5.41) is 10.7. The first-order valence-electron chi connectivity index (χ1n) is 6.39. The molecule has 2 heterocycles. The Labute approximate surface area is 122 Å². The topological polar surface area (TPSA) is 75.9 Å². The fourth-order valence-corrected chi connectivity index (χ4v) is 2.31. The molecular formula is C13H18ClN5O. The van der Waals surface area contributed by atoms with Gasteiger partial charge in [-0.25, -0.2) is 9.97 Å². The van der Waals surface area contributed by atoms with E-state index >= 15 is 0 Å². The van der Waals surface area contributed by atoms with Crippen LogP contribution in [0.4, 0.5) is 11.5 Å². The number of aromatic nitrogens is 3. The minimum absolute atomic E-state index is 0.157. The predicted octanol–water partition coefficient (Wildman–Crippen LogP) is 2.82. The van der Waals surface area contributed by atoms with Crippen molar-refractivity contribution in [3.8, 4) is 0 Å². The number of nitrogens with zero attached hydrogens (tertiary/aromatic N) is 3. The lowest BCUT2D eigenvalue weighted by Gasteiger charge is -2.17. The van der Waals surface area contributed by atoms with Crippen molar-refractivity contribution in [3.05, 3.63) is 28.5 Å². The molecule has 0 spiro atoms. The molecule has 2 rings (SSSR count). The molecule has 2 N–H and O–H groups in total. The summed E-state index contributed by atoms with van der Waals surface area (Å²) >= 11 is 6.03. The van der Waals surface area contributed by atoms with Gasteiger partial charge >= 0.3 is 0 Å². The molecule has 1 unspecified atom stereocenters. The Hall–Kier alpha value is -1.82. The molecule has 0 aliphatic heterocycles. The Morgan fingerprint density at radius 1 is 1.35 bits per heavy atom. The van der Waals surface area contributed by atoms with E-state index < -0.39 is 0 Å². The first kappa shape index (κ1) is 14.6. The fourth-order valence-electron chi connectivity index (χ4n) is 2.08. The van der Waals surface area contributed by atoms with Gasteiger partial charge in [0, 0.05) is 18.7 Å². The van der Waals surface area contributed by atoms with Gasteiger partial charge in [-0.15, -0.1) is 0 Å². The second kappa shape index (κ2) is 6.09. The van der Waals surface area contributed by atoms with E-state index in [1.807, 2.05) is 13.8 Å². The van der Waals surface area contributed by atoms with Crippen molar-refractivity contribution < 1.29 is 4.52 Å². The summed E-state index contributed by atoms with van der Waals surface area (Å²) in [4.78, 5) is 8.16. The number of anilines is 2. The number of aryl methyl sites for hydroxylation is 2. The summed E-state index contributed by atoms with van der Waals surface area (Å²) < 4.78 is 5.17. The summed E-state index contributed by atoms with van der Waals surface area (Å²) in [6, 6.07) is 0.157. The van der Waals surface area contributed by atoms with E-state index in [0.29, 0.717) is 16.7 Å². The van der Waals surface area contributed by atoms with E-state index in [0.717, 1.165) is 23.4 Å². The number of hydrogen-bond acceptors (Lipinski definition) is 6. The van der Waals surface area contributed by atoms with Crippen molar-refractivity contribution in [2.45, 2.75) is 33.2 Å². The van der Waals surface area contributed by atoms with Gasteiger partial charge in [0.15, 0.2) is 11.0 Å². The molecule has 0 aliphatic carbocycles. The largest absolute Gasteiger partial charge is 0.383 e. The van der Waals surface area contributed by atoms with Gasteiger partial charge < -0.3 is 15.2 Å². The third-order valence-electron chi connectivity index (χ3n) is 3.13. The number of rotatable bonds is 5. The van der Waals surface area contributed by atoms with Gasteiger partial charge in [0.1, 0.15) is 17.8 Å². The summed E-state index contributed by atoms with van der Waals surface area (Å²) in [7, 11) is 1.79. The molecule has 0 amide bonds. The Balaban J connectivity index is 2.13. The standard InChI is InChI=1S/C13H18ClN5O/c1-7(5-10-8(2)19-20-9(10)3)18-13-11(15-4)12(14)16-6-17-13/h6-7,15H,5H2,1-4H3,(H,16,17,18). The summed E-state index contributed by atoms with van der Waals surface area (Å²) in [5.41, 5.74) is 2.74. The van der Waals surface area contributed by atoms with Crippen LogP contribution < -0.4 is 10.6 Å². The molecule has 0 aliphatic rings. The highest BCUT2D eigenvalue weighted by atomic mass is 35.5. The summed E-state index contributed by atoms with van der Waals surface area (Å²) in [5.74, 6) is 1.54. The monoisotopic (exact) mass is 295 g/mol. The Kier molecular flexibility index (Phi) is 4.44. The van der Waals surface area contributed by atoms with Gasteiger partial charge in [-0.05, 0) is 27.2 Å². The minimum atomic E-state index is 0.157. The molecule has 0 aromatic carbocycles. The van der Waals surface area contributed by atoms with Crippen molar-refractivity contribution in [2.24, 2.45) is 0 Å². The van der Waals surface area contributed by atoms with Gasteiger partial charge in [0.05, 0.1) is 5.69 Å². The number of hydrogen-bond donors (Lipinski definition) is 2. The van der Waals surface area contributed by atoms with Gasteiger partial charge in [-0.1, -0.05) is 16.8 Å². The van der Waals surface area contributed by atoms with Crippen molar-refractivity contribution in [3.63, 3.8) is 0 Å². The van der Waals surface area contributed by atoms with Crippen LogP contribution in [0.25, 0.3) is 0 Å². The fraction of sp³-hybridized carbons (Fsp3) is 0.462. The molecule has 1 atom stereocenters. The zero-order valence-corrected chi connectivity index (χ0v) is 12.7. The Morgan fingerprint density at radius 2 is 2.10 bits per heavy atom. The van der Waals surface area contributed by atoms with Gasteiger partial charge in [-0.3, -0.25) is 0 Å². The zero-order valence-electron chi connectivity index (χ0n) is 12.0. The van der Waals surface area contributed by atoms with Gasteiger partial charge in [0.25, 0.3) is 0 Å². The lowest BCUT2D eigenvalue weighted by Crippen LogP contribution is -2.20. The van der Waals surface area contributed by atoms with Crippen molar-refractivity contribution in [2.75, 3.05) is 17.7 Å². The van der Waals surface area contributed by atoms with E-state index in [4.69, 9.17) is 16.1 Å². The SMILES string of the molecule is CNc1c(Cl)ncnc1NC(C)Cc1c(C)noc1C. The molecular weight excluding hydrogens is 278 g/mol. The van der Waals surface area contributed by atoms with Crippen LogP contribution in [0.2, 0.25) is 5.15 Å². The molecule has 2 aromatic rings. The van der Waals surface area contributed by atoms with Crippen molar-refractivity contribution in [1.82, 2.24) is 15.1 Å². The van der Waals surface area contributed by atoms with E-state index in [-0.39, 0.29) is 6.04 Å². The van der Waals surface area contributed by atoms with E-state index in [1.54, 1.807) is 7.05 Å². The quantitative estimate of drug-likeness (QED) is 0.826. The van der Waals surface area contributed by atoms with Crippen molar-refractivity contribution >= 4 is 23.1 Å². The highest BCUT2D eigenvalue weighted by Gasteiger charge is 2.15. The first-order chi connectivity index (χ1) is 9.52. The average Bonchev–Trinajstić information content (AvgIpc) is 2.71. The lowest BCUT2D eigenvalue weighted by molar-refractivity contribution is 0.392. The molecule has 0 saturated heterocycles. The maximum Gasteiger partial charge on any atom is 0.157 e. The summed E-state index contributed by atoms with van der Waals surface area (Å²) in [6.45, 7) is 5.93. The third kappa shape index (κ3) is 3.01. The van der Waals surface area contributed by atoms with Crippen LogP contribution >= 0.6 is 11.6 Å². The zero-order chi connectivity index (χ0) is 14.7. The maximum atomic E-state index is 6.03. The molecule has 2 aromatic heterocycles. The van der Waals surface area contributed by atoms with Crippen LogP contribution in [-0.2, 0) is 6.42 Å². The highest BCUT2D eigenvalue weighted by Crippen LogP contribution is 2.26. The highest BCUT2D eigenvalue weighted by molar-refractivity contribution is 6.32. The molecule has 6 nitrogen and oxygen atoms in total. The molecule has 7 heteroatoms. The molecule has 0 bridgehead atoms. The van der Waals surface area contributed by atoms with Gasteiger partial charge in [0.2, 0.25) is 0 Å². The van der Waals surface area contributed by atoms with Crippen LogP contribution in [0.5, 0.6) is 0 Å². The van der Waals surface area contributed by atoms with Crippen LogP contribution in [0.3, 0.4) is 0 Å². The van der Waals surface area contributed by atoms with E-state index in [9.17, 15) is 0 Å². The Bertz CT molecular complexity index is 579. The van der Waals surface area contributed by atoms with Crippen LogP contribution in [-0.4, -0.2) is 28.2 Å². The van der Waals surface area contributed by atoms with Crippen LogP contribution in [0, 0.1) is 13.8 Å². The molecule has 0 fully saturated rings. The minimum Gasteiger partial charge on any atom is -0.383 e. The lowest BCUT2D eigenvalue weighted by atomic mass is 10.1. The van der Waals surface area contributed by atoms with Crippen molar-refractivity contribution in [1.29, 1.82) is 0 Å². The van der Waals surface area contributed by atoms with Gasteiger partial charge in [-0.2, -0.15) is 0 Å². The smallest absolute Gasteiger partial charge is 0.157 e. The maximum absolute atomic E-state index is 6.03. The molecule has 20 heavy (non-hydrogen) atoms. The molecule has 0 saturated carbocycles. The second-order valence-corrected chi connectivity index (χ2v) is 5.05. The van der Waals surface area contributed by atoms with Crippen LogP contribution in [0.1, 0.15) is 23.9 Å². The summed E-state index contributed by atoms with van der Waals surface area (Å²) in [6.07, 6.45) is 2.24. The van der Waals surface area contributed by atoms with Crippen LogP contribution in [0.15, 0.2) is 10.9 Å².